The Hall–Kier alpha value is -1.08. The summed E-state index contributed by atoms with van der Waals surface area (Å²) in [5.74, 6) is -0.319. The van der Waals surface area contributed by atoms with Crippen LogP contribution in [0.1, 0.15) is 34.0 Å². The number of likely N-dealkylation sites (tertiary alicyclic amines) is 1. The summed E-state index contributed by atoms with van der Waals surface area (Å²) >= 11 is 1.46. The van der Waals surface area contributed by atoms with Gasteiger partial charge in [0.1, 0.15) is 0 Å². The van der Waals surface area contributed by atoms with E-state index in [4.69, 9.17) is 5.73 Å². The first-order chi connectivity index (χ1) is 8.87. The number of hydrogen-bond acceptors (Lipinski definition) is 3. The van der Waals surface area contributed by atoms with E-state index in [0.29, 0.717) is 31.5 Å². The van der Waals surface area contributed by atoms with Gasteiger partial charge in [-0.25, -0.2) is 0 Å². The third kappa shape index (κ3) is 3.70. The predicted molar refractivity (Wildman–Crippen MR) is 67.3 cm³/mol. The van der Waals surface area contributed by atoms with Crippen LogP contribution in [-0.4, -0.2) is 36.6 Å². The van der Waals surface area contributed by atoms with Gasteiger partial charge in [0.2, 0.25) is 5.91 Å². The van der Waals surface area contributed by atoms with Crippen molar-refractivity contribution in [2.24, 2.45) is 5.73 Å². The van der Waals surface area contributed by atoms with Crippen LogP contribution in [-0.2, 0) is 0 Å². The molecule has 1 aromatic rings. The van der Waals surface area contributed by atoms with Gasteiger partial charge in [0, 0.05) is 4.88 Å². The Balaban J connectivity index is 1.96. The number of piperidine rings is 1. The zero-order valence-corrected chi connectivity index (χ0v) is 11.1. The summed E-state index contributed by atoms with van der Waals surface area (Å²) in [4.78, 5) is 13.6. The van der Waals surface area contributed by atoms with Crippen molar-refractivity contribution in [1.82, 2.24) is 4.90 Å². The van der Waals surface area contributed by atoms with Crippen molar-refractivity contribution in [3.05, 3.63) is 21.9 Å². The SMILES string of the molecule is NC(=O)c1ccsc1C1CCN(CC(F)(F)F)CC1. The molecule has 3 nitrogen and oxygen atoms in total. The molecule has 19 heavy (non-hydrogen) atoms. The van der Waals surface area contributed by atoms with Crippen LogP contribution in [0.15, 0.2) is 11.4 Å². The van der Waals surface area contributed by atoms with E-state index in [1.165, 1.54) is 16.2 Å². The molecule has 0 aliphatic carbocycles. The van der Waals surface area contributed by atoms with Gasteiger partial charge in [0.05, 0.1) is 12.1 Å². The van der Waals surface area contributed by atoms with Crippen LogP contribution < -0.4 is 5.73 Å². The third-order valence-corrected chi connectivity index (χ3v) is 4.40. The first-order valence-corrected chi connectivity index (χ1v) is 6.91. The number of amides is 1. The van der Waals surface area contributed by atoms with Crippen LogP contribution in [0.2, 0.25) is 0 Å². The number of hydrogen-bond donors (Lipinski definition) is 1. The number of rotatable bonds is 3. The third-order valence-electron chi connectivity index (χ3n) is 3.32. The zero-order chi connectivity index (χ0) is 14.0. The summed E-state index contributed by atoms with van der Waals surface area (Å²) in [5, 5.41) is 1.80. The second-order valence-corrected chi connectivity index (χ2v) is 5.68. The molecule has 106 valence electrons. The molecule has 0 bridgehead atoms. The van der Waals surface area contributed by atoms with Crippen molar-refractivity contribution in [2.45, 2.75) is 24.9 Å². The van der Waals surface area contributed by atoms with E-state index >= 15 is 0 Å². The molecule has 7 heteroatoms. The molecule has 0 spiro atoms. The molecule has 1 aliphatic heterocycles. The second-order valence-electron chi connectivity index (χ2n) is 4.73. The predicted octanol–water partition coefficient (Wildman–Crippen LogP) is 2.59. The summed E-state index contributed by atoms with van der Waals surface area (Å²) in [5.41, 5.74) is 5.80. The Bertz CT molecular complexity index is 450. The maximum Gasteiger partial charge on any atom is 0.401 e. The molecule has 2 heterocycles. The van der Waals surface area contributed by atoms with E-state index in [1.54, 1.807) is 11.4 Å². The molecule has 1 aromatic heterocycles. The van der Waals surface area contributed by atoms with E-state index in [1.807, 2.05) is 0 Å². The Morgan fingerprint density at radius 1 is 1.42 bits per heavy atom. The number of nitrogens with zero attached hydrogens (tertiary/aromatic N) is 1. The molecule has 0 radical (unpaired) electrons. The van der Waals surface area contributed by atoms with E-state index < -0.39 is 18.6 Å². The fourth-order valence-corrected chi connectivity index (χ4v) is 3.52. The maximum atomic E-state index is 12.3. The number of carbonyl (C=O) groups is 1. The lowest BCUT2D eigenvalue weighted by Gasteiger charge is -2.32. The van der Waals surface area contributed by atoms with Gasteiger partial charge in [-0.3, -0.25) is 9.69 Å². The molecule has 1 aliphatic rings. The number of thiophene rings is 1. The Labute approximate surface area is 113 Å². The van der Waals surface area contributed by atoms with Gasteiger partial charge in [0.15, 0.2) is 0 Å². The van der Waals surface area contributed by atoms with Gasteiger partial charge in [-0.15, -0.1) is 11.3 Å². The fourth-order valence-electron chi connectivity index (χ4n) is 2.45. The first kappa shape index (κ1) is 14.3. The molecule has 2 N–H and O–H groups in total. The molecular weight excluding hydrogens is 277 g/mol. The minimum atomic E-state index is -4.14. The Kier molecular flexibility index (Phi) is 4.15. The lowest BCUT2D eigenvalue weighted by atomic mass is 9.93. The van der Waals surface area contributed by atoms with E-state index in [9.17, 15) is 18.0 Å². The van der Waals surface area contributed by atoms with Gasteiger partial charge in [-0.05, 0) is 43.3 Å². The average molecular weight is 292 g/mol. The number of nitrogens with two attached hydrogens (primary N) is 1. The van der Waals surface area contributed by atoms with Crippen molar-refractivity contribution < 1.29 is 18.0 Å². The van der Waals surface area contributed by atoms with E-state index in [0.717, 1.165) is 4.88 Å². The van der Waals surface area contributed by atoms with Crippen LogP contribution in [0.3, 0.4) is 0 Å². The molecule has 1 saturated heterocycles. The topological polar surface area (TPSA) is 46.3 Å². The molecule has 1 fully saturated rings. The minimum absolute atomic E-state index is 0.145. The minimum Gasteiger partial charge on any atom is -0.366 e. The molecule has 0 atom stereocenters. The highest BCUT2D eigenvalue weighted by Gasteiger charge is 2.33. The lowest BCUT2D eigenvalue weighted by Crippen LogP contribution is -2.39. The molecule has 0 unspecified atom stereocenters. The van der Waals surface area contributed by atoms with Crippen molar-refractivity contribution >= 4 is 17.2 Å². The van der Waals surface area contributed by atoms with Crippen LogP contribution in [0.4, 0.5) is 13.2 Å². The highest BCUT2D eigenvalue weighted by Crippen LogP contribution is 2.34. The quantitative estimate of drug-likeness (QED) is 0.930. The van der Waals surface area contributed by atoms with Crippen LogP contribution in [0, 0.1) is 0 Å². The second kappa shape index (κ2) is 5.50. The highest BCUT2D eigenvalue weighted by atomic mass is 32.1. The largest absolute Gasteiger partial charge is 0.401 e. The number of alkyl halides is 3. The number of primary amides is 1. The molecule has 1 amide bonds. The van der Waals surface area contributed by atoms with Gasteiger partial charge < -0.3 is 5.73 Å². The van der Waals surface area contributed by atoms with Crippen molar-refractivity contribution in [1.29, 1.82) is 0 Å². The number of carbonyl (C=O) groups excluding carboxylic acids is 1. The first-order valence-electron chi connectivity index (χ1n) is 6.03. The average Bonchev–Trinajstić information content (AvgIpc) is 2.76. The van der Waals surface area contributed by atoms with Crippen molar-refractivity contribution in [3.8, 4) is 0 Å². The van der Waals surface area contributed by atoms with Crippen LogP contribution in [0.5, 0.6) is 0 Å². The monoisotopic (exact) mass is 292 g/mol. The normalized spacial score (nSPS) is 18.7. The fraction of sp³-hybridized carbons (Fsp3) is 0.583. The maximum absolute atomic E-state index is 12.3. The summed E-state index contributed by atoms with van der Waals surface area (Å²) in [6, 6.07) is 1.68. The van der Waals surface area contributed by atoms with Crippen LogP contribution in [0.25, 0.3) is 0 Å². The van der Waals surface area contributed by atoms with Gasteiger partial charge in [0.25, 0.3) is 0 Å². The summed E-state index contributed by atoms with van der Waals surface area (Å²) in [7, 11) is 0. The van der Waals surface area contributed by atoms with Crippen LogP contribution >= 0.6 is 11.3 Å². The molecule has 0 aromatic carbocycles. The molecule has 2 rings (SSSR count). The standard InChI is InChI=1S/C12H15F3N2OS/c13-12(14,15)7-17-4-1-8(2-5-17)10-9(11(16)18)3-6-19-10/h3,6,8H,1-2,4-5,7H2,(H2,16,18). The highest BCUT2D eigenvalue weighted by molar-refractivity contribution is 7.10. The van der Waals surface area contributed by atoms with Gasteiger partial charge in [-0.2, -0.15) is 13.2 Å². The summed E-state index contributed by atoms with van der Waals surface area (Å²) in [6.07, 6.45) is -2.87. The number of halogens is 3. The lowest BCUT2D eigenvalue weighted by molar-refractivity contribution is -0.147. The smallest absolute Gasteiger partial charge is 0.366 e. The molecule has 0 saturated carbocycles. The Morgan fingerprint density at radius 2 is 2.05 bits per heavy atom. The van der Waals surface area contributed by atoms with Crippen molar-refractivity contribution in [3.63, 3.8) is 0 Å². The zero-order valence-electron chi connectivity index (χ0n) is 10.2. The van der Waals surface area contributed by atoms with E-state index in [-0.39, 0.29) is 5.92 Å². The molecular formula is C12H15F3N2OS. The van der Waals surface area contributed by atoms with E-state index in [2.05, 4.69) is 0 Å². The van der Waals surface area contributed by atoms with Crippen molar-refractivity contribution in [2.75, 3.05) is 19.6 Å². The summed E-state index contributed by atoms with van der Waals surface area (Å²) < 4.78 is 36.8. The van der Waals surface area contributed by atoms with Gasteiger partial charge in [-0.1, -0.05) is 0 Å². The van der Waals surface area contributed by atoms with Gasteiger partial charge >= 0.3 is 6.18 Å². The summed E-state index contributed by atoms with van der Waals surface area (Å²) in [6.45, 7) is -0.0482. The Morgan fingerprint density at radius 3 is 2.58 bits per heavy atom.